The van der Waals surface area contributed by atoms with Crippen molar-refractivity contribution in [2.45, 2.75) is 32.2 Å². The van der Waals surface area contributed by atoms with Crippen molar-refractivity contribution in [2.75, 3.05) is 51.4 Å². The number of anilines is 1. The maximum absolute atomic E-state index is 11.6. The Morgan fingerprint density at radius 1 is 1.00 bits per heavy atom. The van der Waals surface area contributed by atoms with Crippen LogP contribution < -0.4 is 4.90 Å². The predicted octanol–water partition coefficient (Wildman–Crippen LogP) is 1.83. The zero-order valence-corrected chi connectivity index (χ0v) is 20.5. The summed E-state index contributed by atoms with van der Waals surface area (Å²) in [7, 11) is 0.893. The fraction of sp³-hybridized carbons (Fsp3) is 0.522. The minimum Gasteiger partial charge on any atom is -0.339 e. The summed E-state index contributed by atoms with van der Waals surface area (Å²) >= 11 is 0. The molecule has 10 heteroatoms. The van der Waals surface area contributed by atoms with E-state index in [1.54, 1.807) is 6.20 Å². The minimum atomic E-state index is -3.12. The average Bonchev–Trinajstić information content (AvgIpc) is 3.21. The van der Waals surface area contributed by atoms with Crippen LogP contribution in [0.4, 0.5) is 5.95 Å². The third kappa shape index (κ3) is 5.87. The molecule has 1 saturated heterocycles. The zero-order valence-electron chi connectivity index (χ0n) is 19.7. The lowest BCUT2D eigenvalue weighted by Gasteiger charge is -2.33. The molecule has 0 saturated carbocycles. The molecule has 0 aromatic carbocycles. The van der Waals surface area contributed by atoms with Gasteiger partial charge in [-0.25, -0.2) is 18.4 Å². The molecule has 3 aromatic rings. The highest BCUT2D eigenvalue weighted by molar-refractivity contribution is 7.88. The van der Waals surface area contributed by atoms with Crippen molar-refractivity contribution in [3.8, 4) is 0 Å². The van der Waals surface area contributed by atoms with E-state index < -0.39 is 10.0 Å². The third-order valence-corrected chi connectivity index (χ3v) is 7.28. The summed E-state index contributed by atoms with van der Waals surface area (Å²) in [5, 5.41) is 0. The van der Waals surface area contributed by atoms with Crippen LogP contribution in [0.15, 0.2) is 36.8 Å². The molecule has 2 aliphatic rings. The normalized spacial score (nSPS) is 17.0. The van der Waals surface area contributed by atoms with E-state index in [2.05, 4.69) is 30.8 Å². The van der Waals surface area contributed by atoms with Gasteiger partial charge in [0.15, 0.2) is 0 Å². The third-order valence-electron chi connectivity index (χ3n) is 5.98. The van der Waals surface area contributed by atoms with Gasteiger partial charge < -0.3 is 9.80 Å². The number of pyridine rings is 1. The molecular weight excluding hydrogens is 438 g/mol. The van der Waals surface area contributed by atoms with Gasteiger partial charge in [0.25, 0.3) is 0 Å². The van der Waals surface area contributed by atoms with Gasteiger partial charge in [0, 0.05) is 57.0 Å². The number of aryl methyl sites for hydroxylation is 2. The molecule has 0 unspecified atom stereocenters. The van der Waals surface area contributed by atoms with E-state index in [-0.39, 0.29) is 0 Å². The Morgan fingerprint density at radius 3 is 2.45 bits per heavy atom. The second kappa shape index (κ2) is 10.1. The van der Waals surface area contributed by atoms with Crippen LogP contribution in [-0.2, 0) is 29.4 Å². The smallest absolute Gasteiger partial charge is 0.211 e. The fourth-order valence-electron chi connectivity index (χ4n) is 4.34. The van der Waals surface area contributed by atoms with Gasteiger partial charge in [0.05, 0.1) is 11.9 Å². The van der Waals surface area contributed by atoms with Crippen LogP contribution in [0.1, 0.15) is 29.8 Å². The van der Waals surface area contributed by atoms with Gasteiger partial charge in [0.2, 0.25) is 16.0 Å². The molecule has 0 amide bonds. The summed E-state index contributed by atoms with van der Waals surface area (Å²) in [6, 6.07) is 6.11. The number of nitrogens with zero attached hydrogens (tertiary/aromatic N) is 7. The lowest BCUT2D eigenvalue weighted by molar-refractivity contribution is 0.385. The molecule has 0 spiro atoms. The molecule has 0 N–H and O–H groups in total. The average molecular weight is 472 g/mol. The minimum absolute atomic E-state index is 0.482. The van der Waals surface area contributed by atoms with Gasteiger partial charge in [0.1, 0.15) is 5.65 Å². The van der Waals surface area contributed by atoms with Crippen LogP contribution in [0.25, 0.3) is 5.65 Å². The van der Waals surface area contributed by atoms with E-state index in [1.807, 2.05) is 43.0 Å². The van der Waals surface area contributed by atoms with Crippen molar-refractivity contribution in [2.24, 2.45) is 0 Å². The van der Waals surface area contributed by atoms with E-state index in [1.165, 1.54) is 47.5 Å². The summed E-state index contributed by atoms with van der Waals surface area (Å²) in [5.74, 6) is 0.813. The fourth-order valence-corrected chi connectivity index (χ4v) is 5.17. The standard InChI is InChI=1S/C14H22N6O2S.C9H11N/c1-17(2)10-12-11-20-13(16-12)4-5-15-14(20)18-6-8-19(9-7-18)23(3,21)22;1-2-6-9-8(4-1)5-3-7-10-9/h4-5,11H,6-10H2,1-3H3;3,5,7H,1-2,4,6H2. The molecule has 5 rings (SSSR count). The largest absolute Gasteiger partial charge is 0.339 e. The van der Waals surface area contributed by atoms with Gasteiger partial charge in [-0.3, -0.25) is 9.38 Å². The first kappa shape index (κ1) is 23.6. The molecule has 1 fully saturated rings. The molecule has 4 heterocycles. The Labute approximate surface area is 196 Å². The molecule has 3 aromatic heterocycles. The zero-order chi connectivity index (χ0) is 23.4. The highest BCUT2D eigenvalue weighted by Gasteiger charge is 2.25. The summed E-state index contributed by atoms with van der Waals surface area (Å²) in [6.45, 7) is 2.98. The van der Waals surface area contributed by atoms with Crippen LogP contribution in [0.5, 0.6) is 0 Å². The van der Waals surface area contributed by atoms with Crippen molar-refractivity contribution >= 4 is 21.6 Å². The Hall–Kier alpha value is -2.56. The number of aromatic nitrogens is 4. The van der Waals surface area contributed by atoms with E-state index in [0.717, 1.165) is 23.8 Å². The van der Waals surface area contributed by atoms with E-state index in [9.17, 15) is 8.42 Å². The second-order valence-electron chi connectivity index (χ2n) is 8.91. The van der Waals surface area contributed by atoms with Gasteiger partial charge in [-0.05, 0) is 57.5 Å². The molecule has 1 aliphatic heterocycles. The van der Waals surface area contributed by atoms with Crippen LogP contribution >= 0.6 is 0 Å². The van der Waals surface area contributed by atoms with Gasteiger partial charge in [-0.2, -0.15) is 4.31 Å². The van der Waals surface area contributed by atoms with Crippen LogP contribution in [0.3, 0.4) is 0 Å². The van der Waals surface area contributed by atoms with Crippen molar-refractivity contribution in [3.63, 3.8) is 0 Å². The topological polar surface area (TPSA) is 86.9 Å². The van der Waals surface area contributed by atoms with Crippen molar-refractivity contribution in [1.82, 2.24) is 28.6 Å². The van der Waals surface area contributed by atoms with Gasteiger partial charge in [-0.1, -0.05) is 6.07 Å². The SMILES string of the molecule is CN(C)Cc1cn2c(N3CCN(S(C)(=O)=O)CC3)nccc2n1.c1cnc2c(c1)CCCC2. The Bertz CT molecular complexity index is 1160. The number of imidazole rings is 1. The monoisotopic (exact) mass is 471 g/mol. The molecule has 9 nitrogen and oxygen atoms in total. The predicted molar refractivity (Wildman–Crippen MR) is 130 cm³/mol. The Morgan fingerprint density at radius 2 is 1.76 bits per heavy atom. The molecule has 178 valence electrons. The van der Waals surface area contributed by atoms with E-state index in [0.29, 0.717) is 26.2 Å². The summed E-state index contributed by atoms with van der Waals surface area (Å²) in [4.78, 5) is 17.6. The number of fused-ring (bicyclic) bond motifs is 2. The molecule has 0 atom stereocenters. The van der Waals surface area contributed by atoms with Crippen LogP contribution in [0, 0.1) is 0 Å². The van der Waals surface area contributed by atoms with Crippen molar-refractivity contribution < 1.29 is 8.42 Å². The van der Waals surface area contributed by atoms with Crippen LogP contribution in [0.2, 0.25) is 0 Å². The van der Waals surface area contributed by atoms with Crippen LogP contribution in [-0.4, -0.2) is 83.5 Å². The lowest BCUT2D eigenvalue weighted by Crippen LogP contribution is -2.49. The maximum atomic E-state index is 11.6. The first-order valence-corrected chi connectivity index (χ1v) is 13.3. The molecule has 1 aliphatic carbocycles. The highest BCUT2D eigenvalue weighted by atomic mass is 32.2. The van der Waals surface area contributed by atoms with E-state index in [4.69, 9.17) is 0 Å². The number of rotatable bonds is 4. The Balaban J connectivity index is 0.000000214. The van der Waals surface area contributed by atoms with Crippen molar-refractivity contribution in [1.29, 1.82) is 0 Å². The number of hydrogen-bond donors (Lipinski definition) is 0. The molecular formula is C23H33N7O2S. The number of hydrogen-bond acceptors (Lipinski definition) is 7. The van der Waals surface area contributed by atoms with Gasteiger partial charge in [-0.15, -0.1) is 0 Å². The Kier molecular flexibility index (Phi) is 7.26. The van der Waals surface area contributed by atoms with Gasteiger partial charge >= 0.3 is 0 Å². The molecule has 0 radical (unpaired) electrons. The number of sulfonamides is 1. The maximum Gasteiger partial charge on any atom is 0.211 e. The lowest BCUT2D eigenvalue weighted by atomic mass is 9.96. The van der Waals surface area contributed by atoms with E-state index >= 15 is 0 Å². The summed E-state index contributed by atoms with van der Waals surface area (Å²) in [5.41, 5.74) is 4.64. The quantitative estimate of drug-likeness (QED) is 0.574. The second-order valence-corrected chi connectivity index (χ2v) is 10.9. The number of piperazine rings is 1. The molecule has 33 heavy (non-hydrogen) atoms. The summed E-state index contributed by atoms with van der Waals surface area (Å²) in [6.07, 6.45) is 12.0. The molecule has 0 bridgehead atoms. The highest BCUT2D eigenvalue weighted by Crippen LogP contribution is 2.19. The first-order valence-electron chi connectivity index (χ1n) is 11.4. The van der Waals surface area contributed by atoms with Crippen molar-refractivity contribution in [3.05, 3.63) is 53.7 Å². The first-order chi connectivity index (χ1) is 15.8. The summed E-state index contributed by atoms with van der Waals surface area (Å²) < 4.78 is 26.7.